The highest BCUT2D eigenvalue weighted by Gasteiger charge is 2.36. The summed E-state index contributed by atoms with van der Waals surface area (Å²) in [7, 11) is 1.61. The number of benzene rings is 2. The number of ether oxygens (including phenoxy) is 1. The lowest BCUT2D eigenvalue weighted by Crippen LogP contribution is -2.53. The van der Waals surface area contributed by atoms with Gasteiger partial charge < -0.3 is 15.0 Å². The maximum atomic E-state index is 14.6. The van der Waals surface area contributed by atoms with Gasteiger partial charge in [-0.2, -0.15) is 0 Å². The Morgan fingerprint density at radius 2 is 1.84 bits per heavy atom. The first-order valence-electron chi connectivity index (χ1n) is 14.6. The zero-order chi connectivity index (χ0) is 30.2. The van der Waals surface area contributed by atoms with E-state index in [1.807, 2.05) is 72.7 Å². The van der Waals surface area contributed by atoms with E-state index in [-0.39, 0.29) is 11.5 Å². The van der Waals surface area contributed by atoms with E-state index in [9.17, 15) is 9.59 Å². The molecular formula is C34H35ClN4O3S. The first-order chi connectivity index (χ1) is 20.7. The summed E-state index contributed by atoms with van der Waals surface area (Å²) in [5.41, 5.74) is 5.53. The van der Waals surface area contributed by atoms with Crippen LogP contribution in [0.2, 0.25) is 5.02 Å². The number of allylic oxidation sites excluding steroid dienone is 1. The zero-order valence-electron chi connectivity index (χ0n) is 24.8. The van der Waals surface area contributed by atoms with Crippen LogP contribution in [-0.2, 0) is 6.42 Å². The molecule has 1 amide bonds. The van der Waals surface area contributed by atoms with Gasteiger partial charge in [-0.05, 0) is 69.0 Å². The van der Waals surface area contributed by atoms with E-state index < -0.39 is 0 Å². The van der Waals surface area contributed by atoms with Crippen molar-refractivity contribution in [3.05, 3.63) is 91.7 Å². The highest BCUT2D eigenvalue weighted by molar-refractivity contribution is 7.13. The van der Waals surface area contributed by atoms with E-state index in [1.165, 1.54) is 11.3 Å². The number of thiazole rings is 1. The van der Waals surface area contributed by atoms with Crippen molar-refractivity contribution in [3.63, 3.8) is 0 Å². The standard InChI is InChI=1S/C34H35ClN4O3S/c1-5-21-8-13-26(42-4)15-30(21)39-31(14-20(2)3)27(33(40)38-17-24-11-12-25(18-38)36-24)16-28(34(39)41)32-37-29(19-43-32)22-6-9-23(35)10-7-22/h6-10,13-16,19,24-25,36H,5,11-12,17-18H2,1-4H3/t24-,25+. The number of fused-ring (bicyclic) bond motifs is 2. The smallest absolute Gasteiger partial charge is 0.265 e. The van der Waals surface area contributed by atoms with Crippen molar-refractivity contribution in [3.8, 4) is 33.3 Å². The van der Waals surface area contributed by atoms with Crippen LogP contribution in [0.25, 0.3) is 33.6 Å². The first-order valence-corrected chi connectivity index (χ1v) is 15.9. The van der Waals surface area contributed by atoms with E-state index in [1.54, 1.807) is 17.7 Å². The third-order valence-electron chi connectivity index (χ3n) is 8.19. The van der Waals surface area contributed by atoms with Crippen LogP contribution in [0.4, 0.5) is 0 Å². The molecule has 2 saturated heterocycles. The molecule has 0 unspecified atom stereocenters. The van der Waals surface area contributed by atoms with E-state index >= 15 is 0 Å². The maximum Gasteiger partial charge on any atom is 0.265 e. The summed E-state index contributed by atoms with van der Waals surface area (Å²) in [6, 6.07) is 15.6. The average molecular weight is 615 g/mol. The minimum atomic E-state index is -0.232. The van der Waals surface area contributed by atoms with Crippen LogP contribution < -0.4 is 15.6 Å². The Morgan fingerprint density at radius 3 is 2.49 bits per heavy atom. The van der Waals surface area contributed by atoms with Crippen LogP contribution in [-0.4, -0.2) is 52.6 Å². The number of amides is 1. The summed E-state index contributed by atoms with van der Waals surface area (Å²) in [5.74, 6) is 0.565. The Labute approximate surface area is 260 Å². The molecule has 2 fully saturated rings. The van der Waals surface area contributed by atoms with Crippen molar-refractivity contribution in [1.82, 2.24) is 19.8 Å². The zero-order valence-corrected chi connectivity index (χ0v) is 26.4. The number of nitrogens with zero attached hydrogens (tertiary/aromatic N) is 3. The number of carbonyl (C=O) groups is 1. The second-order valence-electron chi connectivity index (χ2n) is 11.5. The maximum absolute atomic E-state index is 14.6. The van der Waals surface area contributed by atoms with Crippen LogP contribution >= 0.6 is 22.9 Å². The number of aromatic nitrogens is 2. The molecule has 1 N–H and O–H groups in total. The Balaban J connectivity index is 1.60. The van der Waals surface area contributed by atoms with Gasteiger partial charge >= 0.3 is 0 Å². The van der Waals surface area contributed by atoms with Crippen LogP contribution in [0.1, 0.15) is 55.2 Å². The second kappa shape index (κ2) is 12.1. The molecule has 2 aliphatic rings. The molecule has 7 nitrogen and oxygen atoms in total. The number of methoxy groups -OCH3 is 1. The lowest BCUT2D eigenvalue weighted by molar-refractivity contribution is 0.0696. The largest absolute Gasteiger partial charge is 0.497 e. The summed E-state index contributed by atoms with van der Waals surface area (Å²) >= 11 is 7.50. The molecule has 2 bridgehead atoms. The molecule has 2 atom stereocenters. The van der Waals surface area contributed by atoms with E-state index in [0.717, 1.165) is 35.2 Å². The Bertz CT molecular complexity index is 1760. The van der Waals surface area contributed by atoms with Gasteiger partial charge in [-0.15, -0.1) is 11.3 Å². The first kappa shape index (κ1) is 29.4. The van der Waals surface area contributed by atoms with Gasteiger partial charge in [0.2, 0.25) is 0 Å². The predicted octanol–water partition coefficient (Wildman–Crippen LogP) is 6.85. The summed E-state index contributed by atoms with van der Waals surface area (Å²) in [4.78, 5) is 35.9. The predicted molar refractivity (Wildman–Crippen MR) is 175 cm³/mol. The molecule has 0 spiro atoms. The molecular weight excluding hydrogens is 580 g/mol. The Morgan fingerprint density at radius 1 is 1.12 bits per heavy atom. The fourth-order valence-corrected chi connectivity index (χ4v) is 7.03. The molecule has 0 saturated carbocycles. The summed E-state index contributed by atoms with van der Waals surface area (Å²) in [5, 5.41) is 6.75. The molecule has 222 valence electrons. The van der Waals surface area contributed by atoms with Gasteiger partial charge in [-0.25, -0.2) is 4.98 Å². The molecule has 2 aromatic heterocycles. The molecule has 0 radical (unpaired) electrons. The fourth-order valence-electron chi connectivity index (χ4n) is 6.07. The van der Waals surface area contributed by atoms with Crippen LogP contribution in [0.3, 0.4) is 0 Å². The van der Waals surface area contributed by atoms with E-state index in [4.69, 9.17) is 21.3 Å². The van der Waals surface area contributed by atoms with Crippen molar-refractivity contribution < 1.29 is 9.53 Å². The summed E-state index contributed by atoms with van der Waals surface area (Å²) < 4.78 is 7.27. The third-order valence-corrected chi connectivity index (χ3v) is 9.31. The number of likely N-dealkylation sites (tertiary alicyclic amines) is 1. The van der Waals surface area contributed by atoms with E-state index in [2.05, 4.69) is 12.2 Å². The minimum absolute atomic E-state index is 0.0728. The number of pyridine rings is 1. The van der Waals surface area contributed by atoms with E-state index in [0.29, 0.717) is 69.9 Å². The van der Waals surface area contributed by atoms with Gasteiger partial charge in [-0.3, -0.25) is 14.2 Å². The summed E-state index contributed by atoms with van der Waals surface area (Å²) in [6.07, 6.45) is 4.77. The van der Waals surface area contributed by atoms with Gasteiger partial charge in [0.25, 0.3) is 11.5 Å². The normalized spacial score (nSPS) is 17.7. The van der Waals surface area contributed by atoms with Crippen LogP contribution in [0, 0.1) is 0 Å². The van der Waals surface area contributed by atoms with Crippen molar-refractivity contribution in [2.45, 2.75) is 52.1 Å². The molecule has 0 aliphatic carbocycles. The molecule has 9 heteroatoms. The van der Waals surface area contributed by atoms with Gasteiger partial charge in [0.05, 0.1) is 35.3 Å². The van der Waals surface area contributed by atoms with Crippen LogP contribution in [0.5, 0.6) is 5.75 Å². The third kappa shape index (κ3) is 5.79. The average Bonchev–Trinajstić information content (AvgIpc) is 3.62. The Kier molecular flexibility index (Phi) is 8.27. The number of nitrogens with one attached hydrogen (secondary N) is 1. The highest BCUT2D eigenvalue weighted by Crippen LogP contribution is 2.32. The fraction of sp³-hybridized carbons (Fsp3) is 0.324. The monoisotopic (exact) mass is 614 g/mol. The van der Waals surface area contributed by atoms with Gasteiger partial charge in [0, 0.05) is 47.2 Å². The lowest BCUT2D eigenvalue weighted by atomic mass is 10.0. The number of carbonyl (C=O) groups excluding carboxylic acids is 1. The Hall–Kier alpha value is -3.72. The number of hydrogen-bond acceptors (Lipinski definition) is 6. The molecule has 2 aliphatic heterocycles. The molecule has 43 heavy (non-hydrogen) atoms. The second-order valence-corrected chi connectivity index (χ2v) is 12.8. The van der Waals surface area contributed by atoms with Crippen molar-refractivity contribution in [1.29, 1.82) is 0 Å². The number of piperazine rings is 1. The number of hydrogen-bond donors (Lipinski definition) is 1. The number of halogens is 1. The van der Waals surface area contributed by atoms with Crippen molar-refractivity contribution in [2.75, 3.05) is 20.2 Å². The van der Waals surface area contributed by atoms with Crippen molar-refractivity contribution in [2.24, 2.45) is 0 Å². The number of aryl methyl sites for hydroxylation is 1. The molecule has 4 aromatic rings. The summed E-state index contributed by atoms with van der Waals surface area (Å²) in [6.45, 7) is 7.31. The van der Waals surface area contributed by atoms with Gasteiger partial charge in [-0.1, -0.05) is 42.3 Å². The topological polar surface area (TPSA) is 76.5 Å². The molecule has 4 heterocycles. The molecule has 2 aromatic carbocycles. The molecule has 6 rings (SSSR count). The van der Waals surface area contributed by atoms with Crippen LogP contribution in [0.15, 0.2) is 64.3 Å². The SMILES string of the molecule is CCc1ccc(OC)cc1-n1c(C=C(C)C)c(C(=O)N2C[C@H]3CC[C@@H](C2)N3)cc(-c2nc(-c3ccc(Cl)cc3)cs2)c1=O. The number of rotatable bonds is 7. The quantitative estimate of drug-likeness (QED) is 0.246. The lowest BCUT2D eigenvalue weighted by Gasteiger charge is -2.33. The van der Waals surface area contributed by atoms with Crippen molar-refractivity contribution >= 4 is 34.9 Å². The highest BCUT2D eigenvalue weighted by atomic mass is 35.5. The van der Waals surface area contributed by atoms with Gasteiger partial charge in [0.15, 0.2) is 0 Å². The minimum Gasteiger partial charge on any atom is -0.497 e. The van der Waals surface area contributed by atoms with Gasteiger partial charge in [0.1, 0.15) is 10.8 Å².